The van der Waals surface area contributed by atoms with Crippen molar-refractivity contribution >= 4 is 15.7 Å². The third-order valence-electron chi connectivity index (χ3n) is 3.72. The van der Waals surface area contributed by atoms with Crippen molar-refractivity contribution in [1.82, 2.24) is 0 Å². The first-order valence-electron chi connectivity index (χ1n) is 7.23. The van der Waals surface area contributed by atoms with E-state index in [0.29, 0.717) is 11.4 Å². The van der Waals surface area contributed by atoms with Gasteiger partial charge in [-0.3, -0.25) is 4.72 Å². The number of methoxy groups -OCH3 is 1. The van der Waals surface area contributed by atoms with Crippen LogP contribution in [0.5, 0.6) is 5.75 Å². The summed E-state index contributed by atoms with van der Waals surface area (Å²) in [6.07, 6.45) is 0.946. The average molecular weight is 319 g/mol. The van der Waals surface area contributed by atoms with Gasteiger partial charge < -0.3 is 4.74 Å². The number of para-hydroxylation sites is 1. The Morgan fingerprint density at radius 2 is 1.73 bits per heavy atom. The van der Waals surface area contributed by atoms with Crippen LogP contribution in [-0.2, 0) is 10.0 Å². The van der Waals surface area contributed by atoms with E-state index < -0.39 is 10.0 Å². The van der Waals surface area contributed by atoms with Gasteiger partial charge in [-0.1, -0.05) is 32.0 Å². The summed E-state index contributed by atoms with van der Waals surface area (Å²) in [6, 6.07) is 13.8. The predicted octanol–water partition coefficient (Wildman–Crippen LogP) is 4.01. The molecule has 22 heavy (non-hydrogen) atoms. The fourth-order valence-electron chi connectivity index (χ4n) is 2.20. The Morgan fingerprint density at radius 1 is 1.09 bits per heavy atom. The number of nitrogens with one attached hydrogen (secondary N) is 1. The van der Waals surface area contributed by atoms with Crippen molar-refractivity contribution in [2.75, 3.05) is 11.8 Å². The van der Waals surface area contributed by atoms with Crippen LogP contribution in [0.1, 0.15) is 31.7 Å². The van der Waals surface area contributed by atoms with E-state index >= 15 is 0 Å². The van der Waals surface area contributed by atoms with Gasteiger partial charge in [0.25, 0.3) is 10.0 Å². The lowest BCUT2D eigenvalue weighted by Gasteiger charge is -2.16. The lowest BCUT2D eigenvalue weighted by atomic mass is 9.97. The highest BCUT2D eigenvalue weighted by Crippen LogP contribution is 2.28. The average Bonchev–Trinajstić information content (AvgIpc) is 2.54. The molecule has 0 aliphatic rings. The zero-order valence-electron chi connectivity index (χ0n) is 13.0. The quantitative estimate of drug-likeness (QED) is 0.875. The lowest BCUT2D eigenvalue weighted by Crippen LogP contribution is -2.14. The van der Waals surface area contributed by atoms with Crippen LogP contribution < -0.4 is 9.46 Å². The fourth-order valence-corrected chi connectivity index (χ4v) is 3.29. The van der Waals surface area contributed by atoms with Gasteiger partial charge in [0.15, 0.2) is 0 Å². The summed E-state index contributed by atoms with van der Waals surface area (Å²) in [5.41, 5.74) is 1.63. The van der Waals surface area contributed by atoms with E-state index in [2.05, 4.69) is 18.6 Å². The molecule has 0 unspecified atom stereocenters. The second-order valence-electron chi connectivity index (χ2n) is 5.18. The molecule has 0 amide bonds. The van der Waals surface area contributed by atoms with Crippen LogP contribution >= 0.6 is 0 Å². The third kappa shape index (κ3) is 3.60. The van der Waals surface area contributed by atoms with E-state index in [4.69, 9.17) is 4.74 Å². The maximum Gasteiger partial charge on any atom is 0.261 e. The second-order valence-corrected chi connectivity index (χ2v) is 6.86. The minimum atomic E-state index is -3.61. The number of benzene rings is 2. The number of hydrogen-bond acceptors (Lipinski definition) is 3. The normalized spacial score (nSPS) is 12.7. The Kier molecular flexibility index (Phi) is 5.08. The summed E-state index contributed by atoms with van der Waals surface area (Å²) in [4.78, 5) is 0.215. The van der Waals surface area contributed by atoms with Crippen molar-refractivity contribution in [2.45, 2.75) is 31.1 Å². The van der Waals surface area contributed by atoms with Crippen LogP contribution in [0.3, 0.4) is 0 Å². The molecule has 2 aromatic carbocycles. The molecular formula is C17H21NO3S. The number of rotatable bonds is 6. The fraction of sp³-hybridized carbons (Fsp3) is 0.294. The van der Waals surface area contributed by atoms with Gasteiger partial charge in [0.05, 0.1) is 17.7 Å². The number of hydrogen-bond donors (Lipinski definition) is 1. The summed E-state index contributed by atoms with van der Waals surface area (Å²) < 4.78 is 32.8. The first kappa shape index (κ1) is 16.4. The molecular weight excluding hydrogens is 298 g/mol. The number of ether oxygens (including phenoxy) is 1. The first-order chi connectivity index (χ1) is 10.5. The van der Waals surface area contributed by atoms with Gasteiger partial charge in [-0.25, -0.2) is 8.42 Å². The van der Waals surface area contributed by atoms with E-state index in [-0.39, 0.29) is 10.8 Å². The zero-order chi connectivity index (χ0) is 16.2. The van der Waals surface area contributed by atoms with Crippen LogP contribution in [0.25, 0.3) is 0 Å². The molecule has 0 fully saturated rings. The molecule has 0 heterocycles. The lowest BCUT2D eigenvalue weighted by molar-refractivity contribution is 0.414. The molecule has 0 aromatic heterocycles. The Morgan fingerprint density at radius 3 is 2.32 bits per heavy atom. The van der Waals surface area contributed by atoms with Gasteiger partial charge in [0.1, 0.15) is 5.75 Å². The molecule has 118 valence electrons. The highest BCUT2D eigenvalue weighted by molar-refractivity contribution is 7.92. The van der Waals surface area contributed by atoms with Gasteiger partial charge in [-0.15, -0.1) is 0 Å². The van der Waals surface area contributed by atoms with Gasteiger partial charge in [-0.05, 0) is 48.2 Å². The summed E-state index contributed by atoms with van der Waals surface area (Å²) >= 11 is 0. The zero-order valence-corrected chi connectivity index (χ0v) is 13.9. The Labute approximate surface area is 132 Å². The van der Waals surface area contributed by atoms with Gasteiger partial charge >= 0.3 is 0 Å². The molecule has 0 saturated carbocycles. The van der Waals surface area contributed by atoms with E-state index in [9.17, 15) is 8.42 Å². The SMILES string of the molecule is CC[C@@H](C)c1ccccc1NS(=O)(=O)c1ccc(OC)cc1. The van der Waals surface area contributed by atoms with Gasteiger partial charge in [0, 0.05) is 0 Å². The standard InChI is InChI=1S/C17H21NO3S/c1-4-13(2)16-7-5-6-8-17(16)18-22(19,20)15-11-9-14(21-3)10-12-15/h5-13,18H,4H2,1-3H3/t13-/m1/s1. The van der Waals surface area contributed by atoms with Gasteiger partial charge in [-0.2, -0.15) is 0 Å². The Bertz CT molecular complexity index is 724. The summed E-state index contributed by atoms with van der Waals surface area (Å²) in [5.74, 6) is 0.911. The van der Waals surface area contributed by atoms with Crippen molar-refractivity contribution in [3.05, 3.63) is 54.1 Å². The Hall–Kier alpha value is -2.01. The van der Waals surface area contributed by atoms with Crippen molar-refractivity contribution in [2.24, 2.45) is 0 Å². The molecule has 2 rings (SSSR count). The third-order valence-corrected chi connectivity index (χ3v) is 5.10. The molecule has 0 radical (unpaired) electrons. The molecule has 0 bridgehead atoms. The second kappa shape index (κ2) is 6.83. The highest BCUT2D eigenvalue weighted by Gasteiger charge is 2.17. The minimum absolute atomic E-state index is 0.215. The molecule has 5 heteroatoms. The predicted molar refractivity (Wildman–Crippen MR) is 89.0 cm³/mol. The summed E-state index contributed by atoms with van der Waals surface area (Å²) in [7, 11) is -2.06. The van der Waals surface area contributed by atoms with Crippen molar-refractivity contribution < 1.29 is 13.2 Å². The smallest absolute Gasteiger partial charge is 0.261 e. The molecule has 2 aromatic rings. The number of sulfonamides is 1. The van der Waals surface area contributed by atoms with Crippen LogP contribution in [0.4, 0.5) is 5.69 Å². The molecule has 1 atom stereocenters. The molecule has 0 aliphatic carbocycles. The number of anilines is 1. The maximum absolute atomic E-state index is 12.5. The Balaban J connectivity index is 2.32. The highest BCUT2D eigenvalue weighted by atomic mass is 32.2. The van der Waals surface area contributed by atoms with E-state index in [0.717, 1.165) is 12.0 Å². The molecule has 0 aliphatic heterocycles. The monoisotopic (exact) mass is 319 g/mol. The van der Waals surface area contributed by atoms with E-state index in [1.165, 1.54) is 12.1 Å². The molecule has 1 N–H and O–H groups in total. The van der Waals surface area contributed by atoms with E-state index in [1.54, 1.807) is 25.3 Å². The van der Waals surface area contributed by atoms with Crippen LogP contribution in [0.15, 0.2) is 53.4 Å². The maximum atomic E-state index is 12.5. The van der Waals surface area contributed by atoms with Crippen molar-refractivity contribution in [3.63, 3.8) is 0 Å². The minimum Gasteiger partial charge on any atom is -0.497 e. The van der Waals surface area contributed by atoms with Crippen LogP contribution in [0, 0.1) is 0 Å². The van der Waals surface area contributed by atoms with Crippen LogP contribution in [0.2, 0.25) is 0 Å². The molecule has 0 saturated heterocycles. The van der Waals surface area contributed by atoms with E-state index in [1.807, 2.05) is 18.2 Å². The first-order valence-corrected chi connectivity index (χ1v) is 8.72. The van der Waals surface area contributed by atoms with Gasteiger partial charge in [0.2, 0.25) is 0 Å². The molecule has 4 nitrogen and oxygen atoms in total. The summed E-state index contributed by atoms with van der Waals surface area (Å²) in [6.45, 7) is 4.17. The van der Waals surface area contributed by atoms with Crippen molar-refractivity contribution in [3.8, 4) is 5.75 Å². The summed E-state index contributed by atoms with van der Waals surface area (Å²) in [5, 5.41) is 0. The largest absolute Gasteiger partial charge is 0.497 e. The topological polar surface area (TPSA) is 55.4 Å². The van der Waals surface area contributed by atoms with Crippen LogP contribution in [-0.4, -0.2) is 15.5 Å². The molecule has 0 spiro atoms. The van der Waals surface area contributed by atoms with Crippen molar-refractivity contribution in [1.29, 1.82) is 0 Å².